The summed E-state index contributed by atoms with van der Waals surface area (Å²) in [4.78, 5) is 12.2. The number of hydrogen-bond acceptors (Lipinski definition) is 4. The van der Waals surface area contributed by atoms with Crippen molar-refractivity contribution in [2.75, 3.05) is 5.32 Å². The Balaban J connectivity index is 1.55. The molecule has 0 atom stereocenters. The Bertz CT molecular complexity index is 929. The zero-order valence-electron chi connectivity index (χ0n) is 15.5. The Morgan fingerprint density at radius 1 is 1.15 bits per heavy atom. The first-order chi connectivity index (χ1) is 12.9. The van der Waals surface area contributed by atoms with Gasteiger partial charge in [0.2, 0.25) is 5.91 Å². The summed E-state index contributed by atoms with van der Waals surface area (Å²) in [5, 5.41) is 7.40. The lowest BCUT2D eigenvalue weighted by Crippen LogP contribution is -2.14. The van der Waals surface area contributed by atoms with Crippen LogP contribution in [0.4, 0.5) is 5.69 Å². The number of nitrogens with zero attached hydrogens (tertiary/aromatic N) is 1. The summed E-state index contributed by atoms with van der Waals surface area (Å²) in [6.07, 6.45) is 0.273. The van der Waals surface area contributed by atoms with Gasteiger partial charge in [0.05, 0.1) is 17.7 Å². The van der Waals surface area contributed by atoms with E-state index in [1.54, 1.807) is 6.07 Å². The highest BCUT2D eigenvalue weighted by Crippen LogP contribution is 2.21. The second kappa shape index (κ2) is 8.27. The third-order valence-corrected chi connectivity index (χ3v) is 4.72. The number of halogens is 1. The first kappa shape index (κ1) is 19.0. The highest BCUT2D eigenvalue weighted by Gasteiger charge is 2.10. The van der Waals surface area contributed by atoms with Crippen LogP contribution in [0.15, 0.2) is 47.0 Å². The van der Waals surface area contributed by atoms with Crippen LogP contribution in [0.3, 0.4) is 0 Å². The van der Waals surface area contributed by atoms with Crippen molar-refractivity contribution < 1.29 is 14.1 Å². The molecule has 27 heavy (non-hydrogen) atoms. The van der Waals surface area contributed by atoms with Crippen LogP contribution in [0.5, 0.6) is 5.75 Å². The highest BCUT2D eigenvalue weighted by molar-refractivity contribution is 6.31. The molecule has 0 aliphatic carbocycles. The maximum Gasteiger partial charge on any atom is 0.228 e. The highest BCUT2D eigenvalue weighted by atomic mass is 35.5. The van der Waals surface area contributed by atoms with Gasteiger partial charge in [-0.1, -0.05) is 35.0 Å². The molecule has 5 nitrogen and oxygen atoms in total. The van der Waals surface area contributed by atoms with E-state index in [-0.39, 0.29) is 12.3 Å². The maximum atomic E-state index is 12.2. The van der Waals surface area contributed by atoms with Crippen molar-refractivity contribution in [2.45, 2.75) is 33.8 Å². The van der Waals surface area contributed by atoms with Crippen molar-refractivity contribution in [3.8, 4) is 5.75 Å². The van der Waals surface area contributed by atoms with Gasteiger partial charge in [-0.25, -0.2) is 0 Å². The number of amides is 1. The van der Waals surface area contributed by atoms with Crippen LogP contribution >= 0.6 is 11.6 Å². The number of benzene rings is 2. The van der Waals surface area contributed by atoms with Crippen LogP contribution < -0.4 is 10.1 Å². The summed E-state index contributed by atoms with van der Waals surface area (Å²) in [6, 6.07) is 12.9. The minimum atomic E-state index is -0.0979. The van der Waals surface area contributed by atoms with E-state index < -0.39 is 0 Å². The fourth-order valence-corrected chi connectivity index (χ4v) is 2.81. The molecule has 0 fully saturated rings. The van der Waals surface area contributed by atoms with Crippen LogP contribution in [0, 0.1) is 20.8 Å². The zero-order valence-corrected chi connectivity index (χ0v) is 16.3. The van der Waals surface area contributed by atoms with Gasteiger partial charge in [-0.3, -0.25) is 4.79 Å². The van der Waals surface area contributed by atoms with E-state index in [2.05, 4.69) is 10.5 Å². The minimum absolute atomic E-state index is 0.0979. The van der Waals surface area contributed by atoms with E-state index >= 15 is 0 Å². The topological polar surface area (TPSA) is 64.4 Å². The third kappa shape index (κ3) is 4.89. The molecule has 6 heteroatoms. The number of aryl methyl sites for hydroxylation is 3. The van der Waals surface area contributed by atoms with Gasteiger partial charge in [0, 0.05) is 10.7 Å². The molecule has 140 valence electrons. The minimum Gasteiger partial charge on any atom is -0.489 e. The Hall–Kier alpha value is -2.79. The van der Waals surface area contributed by atoms with Crippen molar-refractivity contribution >= 4 is 23.2 Å². The lowest BCUT2D eigenvalue weighted by molar-refractivity contribution is -0.115. The number of anilines is 1. The maximum absolute atomic E-state index is 12.2. The Kier molecular flexibility index (Phi) is 5.81. The molecular formula is C21H21ClN2O3. The fraction of sp³-hybridized carbons (Fsp3) is 0.238. The summed E-state index contributed by atoms with van der Waals surface area (Å²) in [6.45, 7) is 6.07. The number of hydrogen-bond donors (Lipinski definition) is 1. The predicted molar refractivity (Wildman–Crippen MR) is 105 cm³/mol. The molecule has 1 N–H and O–H groups in total. The Labute approximate surface area is 163 Å². The van der Waals surface area contributed by atoms with E-state index in [1.165, 1.54) is 0 Å². The molecule has 0 radical (unpaired) electrons. The standard InChI is InChI=1S/C21H21ClN2O3/c1-13-4-7-17(11-20(13)22)23-21(25)10-16-5-8-18(9-6-16)26-12-19-14(2)24-27-15(19)3/h4-9,11H,10,12H2,1-3H3,(H,23,25). The molecule has 0 saturated carbocycles. The molecule has 3 aromatic rings. The average molecular weight is 385 g/mol. The van der Waals surface area contributed by atoms with Gasteiger partial charge in [0.25, 0.3) is 0 Å². The van der Waals surface area contributed by atoms with Gasteiger partial charge in [-0.05, 0) is 56.2 Å². The van der Waals surface area contributed by atoms with Crippen molar-refractivity contribution in [1.29, 1.82) is 0 Å². The smallest absolute Gasteiger partial charge is 0.228 e. The number of carbonyl (C=O) groups excluding carboxylic acids is 1. The summed E-state index contributed by atoms with van der Waals surface area (Å²) >= 11 is 6.09. The first-order valence-corrected chi connectivity index (χ1v) is 8.99. The molecule has 0 unspecified atom stereocenters. The molecule has 2 aromatic carbocycles. The first-order valence-electron chi connectivity index (χ1n) is 8.62. The van der Waals surface area contributed by atoms with Crippen LogP contribution in [0.1, 0.15) is 28.1 Å². The van der Waals surface area contributed by atoms with Crippen LogP contribution in [-0.2, 0) is 17.8 Å². The van der Waals surface area contributed by atoms with E-state index in [0.717, 1.165) is 33.9 Å². The molecule has 0 saturated heterocycles. The van der Waals surface area contributed by atoms with Gasteiger partial charge in [0.1, 0.15) is 18.1 Å². The zero-order chi connectivity index (χ0) is 19.4. The molecule has 0 bridgehead atoms. The Morgan fingerprint density at radius 3 is 2.52 bits per heavy atom. The number of nitrogens with one attached hydrogen (secondary N) is 1. The van der Waals surface area contributed by atoms with E-state index in [9.17, 15) is 4.79 Å². The molecule has 0 aliphatic rings. The van der Waals surface area contributed by atoms with E-state index in [1.807, 2.05) is 57.2 Å². The van der Waals surface area contributed by atoms with Crippen LogP contribution in [0.2, 0.25) is 5.02 Å². The van der Waals surface area contributed by atoms with Gasteiger partial charge >= 0.3 is 0 Å². The Morgan fingerprint density at radius 2 is 1.89 bits per heavy atom. The SMILES string of the molecule is Cc1ccc(NC(=O)Cc2ccc(OCc3c(C)noc3C)cc2)cc1Cl. The number of carbonyl (C=O) groups is 1. The normalized spacial score (nSPS) is 10.7. The molecule has 1 heterocycles. The van der Waals surface area contributed by atoms with Crippen LogP contribution in [0.25, 0.3) is 0 Å². The van der Waals surface area contributed by atoms with Gasteiger partial charge in [-0.15, -0.1) is 0 Å². The second-order valence-corrected chi connectivity index (χ2v) is 6.83. The number of ether oxygens (including phenoxy) is 1. The van der Waals surface area contributed by atoms with Gasteiger partial charge < -0.3 is 14.6 Å². The van der Waals surface area contributed by atoms with Crippen molar-refractivity contribution in [2.24, 2.45) is 0 Å². The third-order valence-electron chi connectivity index (χ3n) is 4.31. The summed E-state index contributed by atoms with van der Waals surface area (Å²) < 4.78 is 10.9. The van der Waals surface area contributed by atoms with E-state index in [0.29, 0.717) is 17.3 Å². The van der Waals surface area contributed by atoms with Gasteiger partial charge in [0.15, 0.2) is 0 Å². The molecule has 0 spiro atoms. The summed E-state index contributed by atoms with van der Waals surface area (Å²) in [5.74, 6) is 1.39. The van der Waals surface area contributed by atoms with Gasteiger partial charge in [-0.2, -0.15) is 0 Å². The lowest BCUT2D eigenvalue weighted by Gasteiger charge is -2.09. The molecule has 1 amide bonds. The quantitative estimate of drug-likeness (QED) is 0.648. The van der Waals surface area contributed by atoms with Crippen LogP contribution in [-0.4, -0.2) is 11.1 Å². The molecule has 1 aromatic heterocycles. The van der Waals surface area contributed by atoms with Crippen molar-refractivity contribution in [3.05, 3.63) is 75.6 Å². The summed E-state index contributed by atoms with van der Waals surface area (Å²) in [5.41, 5.74) is 4.35. The number of rotatable bonds is 6. The second-order valence-electron chi connectivity index (χ2n) is 6.42. The van der Waals surface area contributed by atoms with Crippen molar-refractivity contribution in [3.63, 3.8) is 0 Å². The fourth-order valence-electron chi connectivity index (χ4n) is 2.63. The monoisotopic (exact) mass is 384 g/mol. The predicted octanol–water partition coefficient (Wildman–Crippen LogP) is 5.01. The largest absolute Gasteiger partial charge is 0.489 e. The molecule has 0 aliphatic heterocycles. The average Bonchev–Trinajstić information content (AvgIpc) is 2.96. The van der Waals surface area contributed by atoms with Crippen molar-refractivity contribution in [1.82, 2.24) is 5.16 Å². The van der Waals surface area contributed by atoms with E-state index in [4.69, 9.17) is 20.9 Å². The lowest BCUT2D eigenvalue weighted by atomic mass is 10.1. The summed E-state index contributed by atoms with van der Waals surface area (Å²) in [7, 11) is 0. The number of aromatic nitrogens is 1. The molecule has 3 rings (SSSR count). The molecular weight excluding hydrogens is 364 g/mol.